The zero-order chi connectivity index (χ0) is 14.5. The molecular weight excluding hydrogens is 262 g/mol. The van der Waals surface area contributed by atoms with Gasteiger partial charge in [0.25, 0.3) is 0 Å². The molecule has 20 heavy (non-hydrogen) atoms. The minimum atomic E-state index is -0.700. The molecule has 0 atom stereocenters. The SMILES string of the molecule is N#CCc1ccc(Oc2ncnc(N)c2[N+](=O)[O-])cc1. The highest BCUT2D eigenvalue weighted by Crippen LogP contribution is 2.32. The van der Waals surface area contributed by atoms with Crippen LogP contribution in [0.2, 0.25) is 0 Å². The first-order chi connectivity index (χ1) is 9.61. The van der Waals surface area contributed by atoms with E-state index in [1.165, 1.54) is 0 Å². The predicted molar refractivity (Wildman–Crippen MR) is 68.9 cm³/mol. The summed E-state index contributed by atoms with van der Waals surface area (Å²) in [7, 11) is 0. The quantitative estimate of drug-likeness (QED) is 0.663. The average molecular weight is 271 g/mol. The van der Waals surface area contributed by atoms with Gasteiger partial charge in [0.05, 0.1) is 17.4 Å². The summed E-state index contributed by atoms with van der Waals surface area (Å²) in [4.78, 5) is 17.5. The predicted octanol–water partition coefficient (Wildman–Crippen LogP) is 1.83. The van der Waals surface area contributed by atoms with Crippen LogP contribution >= 0.6 is 0 Å². The fourth-order valence-electron chi connectivity index (χ4n) is 1.50. The van der Waals surface area contributed by atoms with Gasteiger partial charge in [-0.2, -0.15) is 10.2 Å². The fourth-order valence-corrected chi connectivity index (χ4v) is 1.50. The lowest BCUT2D eigenvalue weighted by atomic mass is 10.2. The number of nitrogens with two attached hydrogens (primary N) is 1. The Hall–Kier alpha value is -3.21. The fraction of sp³-hybridized carbons (Fsp3) is 0.0833. The molecule has 0 radical (unpaired) electrons. The van der Waals surface area contributed by atoms with Crippen molar-refractivity contribution >= 4 is 11.5 Å². The molecule has 0 unspecified atom stereocenters. The normalized spacial score (nSPS) is 9.75. The molecule has 2 rings (SSSR count). The molecule has 0 saturated carbocycles. The molecule has 0 spiro atoms. The maximum Gasteiger partial charge on any atom is 0.372 e. The van der Waals surface area contributed by atoms with Gasteiger partial charge < -0.3 is 10.5 Å². The van der Waals surface area contributed by atoms with Crippen molar-refractivity contribution in [2.24, 2.45) is 0 Å². The first-order valence-electron chi connectivity index (χ1n) is 5.50. The van der Waals surface area contributed by atoms with Gasteiger partial charge in [-0.15, -0.1) is 0 Å². The van der Waals surface area contributed by atoms with Gasteiger partial charge in [0.15, 0.2) is 0 Å². The molecule has 2 N–H and O–H groups in total. The number of nitriles is 1. The van der Waals surface area contributed by atoms with Gasteiger partial charge in [0, 0.05) is 0 Å². The molecule has 0 bridgehead atoms. The van der Waals surface area contributed by atoms with Crippen LogP contribution in [-0.4, -0.2) is 14.9 Å². The van der Waals surface area contributed by atoms with Crippen molar-refractivity contribution in [3.05, 3.63) is 46.3 Å². The standard InChI is InChI=1S/C12H9N5O3/c13-6-5-8-1-3-9(4-2-8)20-12-10(17(18)19)11(14)15-7-16-12/h1-4,7H,5H2,(H2,14,15,16). The number of nitrogens with zero attached hydrogens (tertiary/aromatic N) is 4. The van der Waals surface area contributed by atoms with E-state index in [4.69, 9.17) is 15.7 Å². The molecule has 100 valence electrons. The molecule has 0 saturated heterocycles. The van der Waals surface area contributed by atoms with E-state index in [1.54, 1.807) is 24.3 Å². The van der Waals surface area contributed by atoms with Crippen LogP contribution in [-0.2, 0) is 6.42 Å². The summed E-state index contributed by atoms with van der Waals surface area (Å²) < 4.78 is 5.33. The Morgan fingerprint density at radius 1 is 1.35 bits per heavy atom. The van der Waals surface area contributed by atoms with Gasteiger partial charge in [-0.1, -0.05) is 12.1 Å². The molecule has 1 heterocycles. The second-order valence-corrected chi connectivity index (χ2v) is 3.75. The van der Waals surface area contributed by atoms with Gasteiger partial charge in [0.1, 0.15) is 12.1 Å². The van der Waals surface area contributed by atoms with Crippen LogP contribution in [0.5, 0.6) is 11.6 Å². The van der Waals surface area contributed by atoms with E-state index in [0.717, 1.165) is 11.9 Å². The van der Waals surface area contributed by atoms with E-state index in [-0.39, 0.29) is 18.1 Å². The lowest BCUT2D eigenvalue weighted by molar-refractivity contribution is -0.385. The Morgan fingerprint density at radius 3 is 2.65 bits per heavy atom. The van der Waals surface area contributed by atoms with Gasteiger partial charge in [-0.25, -0.2) is 4.98 Å². The maximum atomic E-state index is 10.9. The Balaban J connectivity index is 2.28. The van der Waals surface area contributed by atoms with Crippen molar-refractivity contribution in [3.8, 4) is 17.7 Å². The molecule has 8 nitrogen and oxygen atoms in total. The number of aromatic nitrogens is 2. The number of rotatable bonds is 4. The Kier molecular flexibility index (Phi) is 3.72. The molecular formula is C12H9N5O3. The van der Waals surface area contributed by atoms with E-state index >= 15 is 0 Å². The summed E-state index contributed by atoms with van der Waals surface area (Å²) in [6.07, 6.45) is 1.36. The highest BCUT2D eigenvalue weighted by Gasteiger charge is 2.22. The van der Waals surface area contributed by atoms with Crippen molar-refractivity contribution in [1.29, 1.82) is 5.26 Å². The summed E-state index contributed by atoms with van der Waals surface area (Å²) in [5.41, 5.74) is 5.77. The molecule has 0 aliphatic carbocycles. The van der Waals surface area contributed by atoms with E-state index in [9.17, 15) is 10.1 Å². The summed E-state index contributed by atoms with van der Waals surface area (Å²) >= 11 is 0. The van der Waals surface area contributed by atoms with Crippen LogP contribution in [0.4, 0.5) is 11.5 Å². The zero-order valence-corrected chi connectivity index (χ0v) is 10.2. The van der Waals surface area contributed by atoms with Crippen LogP contribution in [0, 0.1) is 21.4 Å². The smallest absolute Gasteiger partial charge is 0.372 e. The molecule has 0 aliphatic heterocycles. The van der Waals surface area contributed by atoms with E-state index in [0.29, 0.717) is 5.75 Å². The highest BCUT2D eigenvalue weighted by atomic mass is 16.6. The van der Waals surface area contributed by atoms with Crippen LogP contribution in [0.3, 0.4) is 0 Å². The van der Waals surface area contributed by atoms with Crippen LogP contribution < -0.4 is 10.5 Å². The van der Waals surface area contributed by atoms with Gasteiger partial charge >= 0.3 is 11.6 Å². The van der Waals surface area contributed by atoms with Crippen molar-refractivity contribution < 1.29 is 9.66 Å². The minimum absolute atomic E-state index is 0.226. The summed E-state index contributed by atoms with van der Waals surface area (Å²) in [5, 5.41) is 19.5. The lowest BCUT2D eigenvalue weighted by Gasteiger charge is -2.06. The van der Waals surface area contributed by atoms with Crippen LogP contribution in [0.25, 0.3) is 0 Å². The molecule has 1 aromatic heterocycles. The zero-order valence-electron chi connectivity index (χ0n) is 10.2. The lowest BCUT2D eigenvalue weighted by Crippen LogP contribution is -2.02. The number of hydrogen-bond acceptors (Lipinski definition) is 7. The van der Waals surface area contributed by atoms with Crippen molar-refractivity contribution in [1.82, 2.24) is 9.97 Å². The highest BCUT2D eigenvalue weighted by molar-refractivity contribution is 5.58. The molecule has 0 amide bonds. The second-order valence-electron chi connectivity index (χ2n) is 3.75. The number of ether oxygens (including phenoxy) is 1. The summed E-state index contributed by atoms with van der Waals surface area (Å²) in [6.45, 7) is 0. The van der Waals surface area contributed by atoms with Gasteiger partial charge in [-0.3, -0.25) is 10.1 Å². The van der Waals surface area contributed by atoms with Crippen molar-refractivity contribution in [2.75, 3.05) is 5.73 Å². The number of nitro groups is 1. The number of benzene rings is 1. The molecule has 0 aliphatic rings. The average Bonchev–Trinajstić information content (AvgIpc) is 2.41. The summed E-state index contributed by atoms with van der Waals surface area (Å²) in [6, 6.07) is 8.58. The number of anilines is 1. The largest absolute Gasteiger partial charge is 0.434 e. The number of nitrogen functional groups attached to an aromatic ring is 1. The second kappa shape index (κ2) is 5.62. The minimum Gasteiger partial charge on any atom is -0.434 e. The van der Waals surface area contributed by atoms with Crippen LogP contribution in [0.15, 0.2) is 30.6 Å². The van der Waals surface area contributed by atoms with E-state index in [2.05, 4.69) is 9.97 Å². The molecule has 8 heteroatoms. The number of hydrogen-bond donors (Lipinski definition) is 1. The van der Waals surface area contributed by atoms with Crippen LogP contribution in [0.1, 0.15) is 5.56 Å². The molecule has 0 fully saturated rings. The summed E-state index contributed by atoms with van der Waals surface area (Å²) in [5.74, 6) is -0.135. The Morgan fingerprint density at radius 2 is 2.05 bits per heavy atom. The van der Waals surface area contributed by atoms with E-state index < -0.39 is 10.6 Å². The Labute approximate surface area is 113 Å². The van der Waals surface area contributed by atoms with E-state index in [1.807, 2.05) is 6.07 Å². The first kappa shape index (κ1) is 13.2. The molecule has 2 aromatic rings. The first-order valence-corrected chi connectivity index (χ1v) is 5.50. The topological polar surface area (TPSA) is 128 Å². The third-order valence-corrected chi connectivity index (χ3v) is 2.42. The Bertz CT molecular complexity index is 678. The third kappa shape index (κ3) is 2.78. The molecule has 1 aromatic carbocycles. The maximum absolute atomic E-state index is 10.9. The third-order valence-electron chi connectivity index (χ3n) is 2.42. The van der Waals surface area contributed by atoms with Crippen molar-refractivity contribution in [3.63, 3.8) is 0 Å². The van der Waals surface area contributed by atoms with Gasteiger partial charge in [0.2, 0.25) is 5.82 Å². The van der Waals surface area contributed by atoms with Gasteiger partial charge in [-0.05, 0) is 17.7 Å². The van der Waals surface area contributed by atoms with Crippen molar-refractivity contribution in [2.45, 2.75) is 6.42 Å². The monoisotopic (exact) mass is 271 g/mol.